The number of phenols is 1. The van der Waals surface area contributed by atoms with Crippen molar-refractivity contribution >= 4 is 63.4 Å². The summed E-state index contributed by atoms with van der Waals surface area (Å²) in [5.74, 6) is -0.933. The third-order valence-corrected chi connectivity index (χ3v) is 5.92. The maximum Gasteiger partial charge on any atom is 0.315 e. The highest BCUT2D eigenvalue weighted by atomic mass is 32.2. The maximum absolute atomic E-state index is 12.9. The fourth-order valence-corrected chi connectivity index (χ4v) is 4.34. The first-order chi connectivity index (χ1) is 13.3. The van der Waals surface area contributed by atoms with E-state index >= 15 is 0 Å². The number of carbonyl (C=O) groups excluding carboxylic acids is 1. The van der Waals surface area contributed by atoms with Gasteiger partial charge in [-0.05, 0) is 42.2 Å². The monoisotopic (exact) mass is 434 g/mol. The van der Waals surface area contributed by atoms with Crippen LogP contribution in [0.4, 0.5) is 11.4 Å². The molecule has 3 rings (SSSR count). The van der Waals surface area contributed by atoms with Gasteiger partial charge in [0.15, 0.2) is 10.1 Å². The molecule has 1 aliphatic heterocycles. The minimum absolute atomic E-state index is 0.0522. The highest BCUT2D eigenvalue weighted by Gasteiger charge is 2.33. The van der Waals surface area contributed by atoms with Gasteiger partial charge < -0.3 is 9.84 Å². The van der Waals surface area contributed by atoms with Crippen LogP contribution in [0.3, 0.4) is 0 Å². The summed E-state index contributed by atoms with van der Waals surface area (Å²) in [5.41, 5.74) is 0.500. The summed E-state index contributed by atoms with van der Waals surface area (Å²) in [6.45, 7) is 0. The highest BCUT2D eigenvalue weighted by Crippen LogP contribution is 2.40. The smallest absolute Gasteiger partial charge is 0.315 e. The lowest BCUT2D eigenvalue weighted by Crippen LogP contribution is -2.27. The Hall–Kier alpha value is -2.56. The van der Waals surface area contributed by atoms with Crippen molar-refractivity contribution in [2.45, 2.75) is 4.90 Å². The molecule has 0 unspecified atom stereocenters. The Balaban J connectivity index is 2.00. The zero-order chi connectivity index (χ0) is 20.4. The minimum atomic E-state index is -0.714. The topological polar surface area (TPSA) is 92.9 Å². The predicted molar refractivity (Wildman–Crippen MR) is 115 cm³/mol. The Labute approximate surface area is 174 Å². The van der Waals surface area contributed by atoms with E-state index in [2.05, 4.69) is 0 Å². The van der Waals surface area contributed by atoms with Crippen LogP contribution in [0.1, 0.15) is 5.56 Å². The van der Waals surface area contributed by atoms with Crippen molar-refractivity contribution < 1.29 is 19.6 Å². The Morgan fingerprint density at radius 3 is 2.75 bits per heavy atom. The SMILES string of the molecule is COc1cc(/C=C2/SC(=S)N(c3cccc(SC)c3)C2=O)cc([N+](=O)[O-])c1O. The molecule has 0 aromatic heterocycles. The van der Waals surface area contributed by atoms with Gasteiger partial charge in [0, 0.05) is 11.0 Å². The lowest BCUT2D eigenvalue weighted by atomic mass is 10.1. The summed E-state index contributed by atoms with van der Waals surface area (Å²) < 4.78 is 5.36. The molecule has 7 nitrogen and oxygen atoms in total. The van der Waals surface area contributed by atoms with Gasteiger partial charge >= 0.3 is 5.69 Å². The van der Waals surface area contributed by atoms with E-state index in [-0.39, 0.29) is 11.7 Å². The molecule has 0 spiro atoms. The number of aromatic hydroxyl groups is 1. The van der Waals surface area contributed by atoms with Crippen LogP contribution in [0.15, 0.2) is 46.2 Å². The molecule has 2 aromatic carbocycles. The van der Waals surface area contributed by atoms with Crippen molar-refractivity contribution in [3.8, 4) is 11.5 Å². The second-order valence-corrected chi connectivity index (χ2v) is 8.12. The van der Waals surface area contributed by atoms with Crippen molar-refractivity contribution in [3.05, 3.63) is 57.0 Å². The van der Waals surface area contributed by atoms with Crippen molar-refractivity contribution in [1.82, 2.24) is 0 Å². The van der Waals surface area contributed by atoms with Crippen LogP contribution in [0, 0.1) is 10.1 Å². The van der Waals surface area contributed by atoms with Gasteiger partial charge in [-0.3, -0.25) is 19.8 Å². The summed E-state index contributed by atoms with van der Waals surface area (Å²) in [7, 11) is 1.29. The first-order valence-electron chi connectivity index (χ1n) is 7.83. The molecule has 0 bridgehead atoms. The molecule has 0 saturated carbocycles. The number of hydrogen-bond donors (Lipinski definition) is 1. The lowest BCUT2D eigenvalue weighted by molar-refractivity contribution is -0.386. The van der Waals surface area contributed by atoms with Crippen molar-refractivity contribution in [2.24, 2.45) is 0 Å². The number of hydrogen-bond acceptors (Lipinski definition) is 8. The molecule has 28 heavy (non-hydrogen) atoms. The van der Waals surface area contributed by atoms with Gasteiger partial charge in [0.1, 0.15) is 0 Å². The number of rotatable bonds is 5. The summed E-state index contributed by atoms with van der Waals surface area (Å²) in [6, 6.07) is 10.0. The number of thioether (sulfide) groups is 2. The molecule has 1 aliphatic rings. The number of nitro benzene ring substituents is 1. The molecule has 1 saturated heterocycles. The highest BCUT2D eigenvalue weighted by molar-refractivity contribution is 8.27. The number of benzene rings is 2. The number of anilines is 1. The predicted octanol–water partition coefficient (Wildman–Crippen LogP) is 4.44. The summed E-state index contributed by atoms with van der Waals surface area (Å²) >= 11 is 8.02. The van der Waals surface area contributed by atoms with E-state index in [9.17, 15) is 20.0 Å². The molecule has 1 fully saturated rings. The summed E-state index contributed by atoms with van der Waals surface area (Å²) in [5, 5.41) is 21.0. The quantitative estimate of drug-likeness (QED) is 0.243. The van der Waals surface area contributed by atoms with E-state index in [1.54, 1.807) is 17.8 Å². The van der Waals surface area contributed by atoms with E-state index in [0.29, 0.717) is 20.5 Å². The van der Waals surface area contributed by atoms with E-state index in [4.69, 9.17) is 17.0 Å². The third-order valence-electron chi connectivity index (χ3n) is 3.90. The molecule has 2 aromatic rings. The number of methoxy groups -OCH3 is 1. The Morgan fingerprint density at radius 1 is 1.36 bits per heavy atom. The van der Waals surface area contributed by atoms with Crippen LogP contribution in [-0.2, 0) is 4.79 Å². The number of ether oxygens (including phenoxy) is 1. The average molecular weight is 435 g/mol. The van der Waals surface area contributed by atoms with Gasteiger partial charge in [-0.25, -0.2) is 0 Å². The van der Waals surface area contributed by atoms with E-state index < -0.39 is 16.4 Å². The van der Waals surface area contributed by atoms with Crippen LogP contribution in [-0.4, -0.2) is 33.6 Å². The Kier molecular flexibility index (Phi) is 5.92. The Morgan fingerprint density at radius 2 is 2.11 bits per heavy atom. The number of amides is 1. The van der Waals surface area contributed by atoms with Gasteiger partial charge in [0.2, 0.25) is 5.75 Å². The summed E-state index contributed by atoms with van der Waals surface area (Å²) in [4.78, 5) is 26.1. The molecular formula is C18H14N2O5S3. The fraction of sp³-hybridized carbons (Fsp3) is 0.111. The fourth-order valence-electron chi connectivity index (χ4n) is 2.58. The molecule has 144 valence electrons. The van der Waals surface area contributed by atoms with Gasteiger partial charge in [0.25, 0.3) is 5.91 Å². The number of nitro groups is 1. The largest absolute Gasteiger partial charge is 0.500 e. The van der Waals surface area contributed by atoms with Crippen molar-refractivity contribution in [3.63, 3.8) is 0 Å². The lowest BCUT2D eigenvalue weighted by Gasteiger charge is -2.15. The zero-order valence-electron chi connectivity index (χ0n) is 14.7. The zero-order valence-corrected chi connectivity index (χ0v) is 17.2. The van der Waals surface area contributed by atoms with E-state index in [0.717, 1.165) is 16.7 Å². The van der Waals surface area contributed by atoms with E-state index in [1.807, 2.05) is 24.5 Å². The maximum atomic E-state index is 12.9. The van der Waals surface area contributed by atoms with Crippen LogP contribution in [0.2, 0.25) is 0 Å². The number of phenolic OH excluding ortho intramolecular Hbond substituents is 1. The van der Waals surface area contributed by atoms with Gasteiger partial charge in [0.05, 0.1) is 22.6 Å². The van der Waals surface area contributed by atoms with Gasteiger partial charge in [-0.1, -0.05) is 30.0 Å². The van der Waals surface area contributed by atoms with Crippen molar-refractivity contribution in [1.29, 1.82) is 0 Å². The summed E-state index contributed by atoms with van der Waals surface area (Å²) in [6.07, 6.45) is 3.43. The second-order valence-electron chi connectivity index (χ2n) is 5.57. The third kappa shape index (κ3) is 3.84. The Bertz CT molecular complexity index is 1020. The average Bonchev–Trinajstić information content (AvgIpc) is 2.95. The first-order valence-corrected chi connectivity index (χ1v) is 10.3. The van der Waals surface area contributed by atoms with Crippen molar-refractivity contribution in [2.75, 3.05) is 18.3 Å². The normalized spacial score (nSPS) is 15.4. The molecule has 1 amide bonds. The molecule has 0 atom stereocenters. The molecule has 0 aliphatic carbocycles. The molecule has 0 radical (unpaired) electrons. The van der Waals surface area contributed by atoms with Crippen LogP contribution in [0.5, 0.6) is 11.5 Å². The molecule has 1 N–H and O–H groups in total. The number of nitrogens with zero attached hydrogens (tertiary/aromatic N) is 2. The minimum Gasteiger partial charge on any atom is -0.500 e. The van der Waals surface area contributed by atoms with Crippen LogP contribution >= 0.6 is 35.7 Å². The van der Waals surface area contributed by atoms with Gasteiger partial charge in [-0.15, -0.1) is 11.8 Å². The van der Waals surface area contributed by atoms with Crippen LogP contribution < -0.4 is 9.64 Å². The second kappa shape index (κ2) is 8.21. The van der Waals surface area contributed by atoms with Crippen LogP contribution in [0.25, 0.3) is 6.08 Å². The molecule has 1 heterocycles. The molecule has 10 heteroatoms. The van der Waals surface area contributed by atoms with Gasteiger partial charge in [-0.2, -0.15) is 0 Å². The first kappa shape index (κ1) is 20.2. The number of carbonyl (C=O) groups is 1. The van der Waals surface area contributed by atoms with E-state index in [1.165, 1.54) is 30.2 Å². The molecular weight excluding hydrogens is 420 g/mol. The standard InChI is InChI=1S/C18H14N2O5S3/c1-25-14-7-10(6-13(16(14)21)20(23)24)8-15-17(22)19(18(26)28-15)11-4-3-5-12(9-11)27-2/h3-9,21H,1-2H3/b15-8+. The number of thiocarbonyl (C=S) groups is 1.